The number of carbonyl (C=O) groups is 1. The predicted octanol–water partition coefficient (Wildman–Crippen LogP) is 2.06. The molecular weight excluding hydrogens is 256 g/mol. The Bertz CT molecular complexity index is 464. The average Bonchev–Trinajstić information content (AvgIpc) is 2.38. The molecule has 1 N–H and O–H groups in total. The summed E-state index contributed by atoms with van der Waals surface area (Å²) in [6, 6.07) is 2.11. The Morgan fingerprint density at radius 1 is 1.40 bits per heavy atom. The monoisotopic (exact) mass is 278 g/mol. The second kappa shape index (κ2) is 6.07. The first-order chi connectivity index (χ1) is 9.51. The number of hydrogen-bond donors (Lipinski definition) is 1. The maximum atomic E-state index is 11.2. The Kier molecular flexibility index (Phi) is 4.42. The van der Waals surface area contributed by atoms with E-state index in [4.69, 9.17) is 0 Å². The van der Waals surface area contributed by atoms with Gasteiger partial charge in [-0.15, -0.1) is 0 Å². The Hall–Kier alpha value is -1.85. The minimum absolute atomic E-state index is 0.123. The molecule has 1 saturated heterocycles. The summed E-state index contributed by atoms with van der Waals surface area (Å²) in [5, 5.41) is 9.17. The number of hydrogen-bond acceptors (Lipinski definition) is 4. The molecule has 0 atom stereocenters. The van der Waals surface area contributed by atoms with Crippen molar-refractivity contribution in [3.63, 3.8) is 0 Å². The van der Waals surface area contributed by atoms with E-state index in [1.807, 2.05) is 26.8 Å². The number of amides is 1. The van der Waals surface area contributed by atoms with Crippen molar-refractivity contribution in [2.24, 2.45) is 0 Å². The molecule has 1 fully saturated rings. The first kappa shape index (κ1) is 14.6. The molecule has 2 heterocycles. The highest BCUT2D eigenvalue weighted by atomic mass is 16.4. The van der Waals surface area contributed by atoms with Gasteiger partial charge < -0.3 is 14.9 Å². The van der Waals surface area contributed by atoms with Crippen LogP contribution in [-0.4, -0.2) is 51.7 Å². The van der Waals surface area contributed by atoms with E-state index in [1.165, 1.54) is 4.90 Å². The molecule has 1 aromatic rings. The summed E-state index contributed by atoms with van der Waals surface area (Å²) in [4.78, 5) is 23.7. The molecule has 0 unspecified atom stereocenters. The molecule has 110 valence electrons. The molecule has 0 aliphatic carbocycles. The largest absolute Gasteiger partial charge is 0.465 e. The van der Waals surface area contributed by atoms with Crippen molar-refractivity contribution < 1.29 is 9.90 Å². The predicted molar refractivity (Wildman–Crippen MR) is 77.1 cm³/mol. The summed E-state index contributed by atoms with van der Waals surface area (Å²) in [6.07, 6.45) is 0.879. The lowest BCUT2D eigenvalue weighted by atomic mass is 10.0. The number of carboxylic acid groups (broad SMARTS) is 1. The van der Waals surface area contributed by atoms with Gasteiger partial charge in [0.05, 0.1) is 0 Å². The highest BCUT2D eigenvalue weighted by Gasteiger charge is 2.27. The lowest BCUT2D eigenvalue weighted by Crippen LogP contribution is -2.47. The fourth-order valence-corrected chi connectivity index (χ4v) is 2.82. The van der Waals surface area contributed by atoms with Gasteiger partial charge in [0.2, 0.25) is 0 Å². The maximum Gasteiger partial charge on any atom is 0.407 e. The van der Waals surface area contributed by atoms with Crippen LogP contribution < -0.4 is 4.90 Å². The molecule has 0 saturated carbocycles. The summed E-state index contributed by atoms with van der Waals surface area (Å²) in [6.45, 7) is 7.97. The van der Waals surface area contributed by atoms with Crippen LogP contribution in [0.25, 0.3) is 0 Å². The van der Waals surface area contributed by atoms with Crippen LogP contribution in [0.15, 0.2) is 6.07 Å². The highest BCUT2D eigenvalue weighted by Crippen LogP contribution is 2.21. The van der Waals surface area contributed by atoms with E-state index in [9.17, 15) is 9.90 Å². The van der Waals surface area contributed by atoms with Crippen LogP contribution in [0.5, 0.6) is 0 Å². The lowest BCUT2D eigenvalue weighted by Gasteiger charge is -2.37. The topological polar surface area (TPSA) is 69.6 Å². The summed E-state index contributed by atoms with van der Waals surface area (Å²) in [7, 11) is 0. The van der Waals surface area contributed by atoms with E-state index in [-0.39, 0.29) is 6.04 Å². The van der Waals surface area contributed by atoms with E-state index >= 15 is 0 Å². The van der Waals surface area contributed by atoms with Gasteiger partial charge in [-0.2, -0.15) is 0 Å². The zero-order valence-electron chi connectivity index (χ0n) is 12.3. The summed E-state index contributed by atoms with van der Waals surface area (Å²) in [5.74, 6) is 1.73. The second-order valence-electron chi connectivity index (χ2n) is 5.20. The van der Waals surface area contributed by atoms with Crippen molar-refractivity contribution in [1.82, 2.24) is 14.9 Å². The Balaban J connectivity index is 2.02. The summed E-state index contributed by atoms with van der Waals surface area (Å²) in [5.41, 5.74) is 0.968. The first-order valence-corrected chi connectivity index (χ1v) is 7.08. The van der Waals surface area contributed by atoms with Crippen LogP contribution in [0.4, 0.5) is 10.6 Å². The quantitative estimate of drug-likeness (QED) is 0.916. The smallest absolute Gasteiger partial charge is 0.407 e. The van der Waals surface area contributed by atoms with Crippen molar-refractivity contribution >= 4 is 11.9 Å². The first-order valence-electron chi connectivity index (χ1n) is 7.08. The Morgan fingerprint density at radius 3 is 2.55 bits per heavy atom. The molecule has 1 aliphatic heterocycles. The second-order valence-corrected chi connectivity index (χ2v) is 5.20. The minimum Gasteiger partial charge on any atom is -0.465 e. The fraction of sp³-hybridized carbons (Fsp3) is 0.643. The van der Waals surface area contributed by atoms with Crippen molar-refractivity contribution in [2.45, 2.75) is 39.7 Å². The highest BCUT2D eigenvalue weighted by molar-refractivity contribution is 5.65. The number of aryl methyl sites for hydroxylation is 2. The zero-order chi connectivity index (χ0) is 14.7. The fourth-order valence-electron chi connectivity index (χ4n) is 2.82. The molecular formula is C14H22N4O2. The van der Waals surface area contributed by atoms with Crippen molar-refractivity contribution in [2.75, 3.05) is 24.5 Å². The normalized spacial score (nSPS) is 16.2. The van der Waals surface area contributed by atoms with Gasteiger partial charge in [0, 0.05) is 37.4 Å². The van der Waals surface area contributed by atoms with Gasteiger partial charge in [-0.3, -0.25) is 0 Å². The molecule has 0 spiro atoms. The number of rotatable bonds is 3. The van der Waals surface area contributed by atoms with Crippen LogP contribution >= 0.6 is 0 Å². The molecule has 0 radical (unpaired) electrons. The minimum atomic E-state index is -0.820. The molecule has 1 amide bonds. The van der Waals surface area contributed by atoms with E-state index in [2.05, 4.69) is 14.9 Å². The van der Waals surface area contributed by atoms with Crippen molar-refractivity contribution in [3.05, 3.63) is 17.6 Å². The van der Waals surface area contributed by atoms with Gasteiger partial charge >= 0.3 is 6.09 Å². The van der Waals surface area contributed by atoms with E-state index < -0.39 is 6.09 Å². The number of piperidine rings is 1. The summed E-state index contributed by atoms with van der Waals surface area (Å²) >= 11 is 0. The van der Waals surface area contributed by atoms with Crippen LogP contribution in [0.1, 0.15) is 31.3 Å². The summed E-state index contributed by atoms with van der Waals surface area (Å²) < 4.78 is 0. The molecule has 0 bridgehead atoms. The van der Waals surface area contributed by atoms with Crippen LogP contribution in [0.2, 0.25) is 0 Å². The van der Waals surface area contributed by atoms with E-state index in [0.717, 1.165) is 43.3 Å². The van der Waals surface area contributed by atoms with Gasteiger partial charge in [0.25, 0.3) is 0 Å². The molecule has 6 nitrogen and oxygen atoms in total. The lowest BCUT2D eigenvalue weighted by molar-refractivity contribution is 0.119. The third-order valence-corrected chi connectivity index (χ3v) is 3.77. The van der Waals surface area contributed by atoms with Gasteiger partial charge in [-0.05, 0) is 33.6 Å². The van der Waals surface area contributed by atoms with Crippen molar-refractivity contribution in [3.8, 4) is 0 Å². The molecule has 6 heteroatoms. The molecule has 0 aromatic carbocycles. The number of aromatic nitrogens is 2. The standard InChI is InChI=1S/C14H22N4O2/c1-4-18(14(19)20)12-5-7-17(8-6-12)13-9-10(2)15-11(3)16-13/h9,12H,4-8H2,1-3H3,(H,19,20). The Morgan fingerprint density at radius 2 is 2.05 bits per heavy atom. The molecule has 20 heavy (non-hydrogen) atoms. The van der Waals surface area contributed by atoms with Crippen molar-refractivity contribution in [1.29, 1.82) is 0 Å². The average molecular weight is 278 g/mol. The SMILES string of the molecule is CCN(C(=O)O)C1CCN(c2cc(C)nc(C)n2)CC1. The molecule has 1 aliphatic rings. The number of anilines is 1. The van der Waals surface area contributed by atoms with Crippen LogP contribution in [-0.2, 0) is 0 Å². The molecule has 1 aromatic heterocycles. The maximum absolute atomic E-state index is 11.2. The van der Waals surface area contributed by atoms with Crippen LogP contribution in [0.3, 0.4) is 0 Å². The van der Waals surface area contributed by atoms with Gasteiger partial charge in [-0.1, -0.05) is 0 Å². The van der Waals surface area contributed by atoms with Crippen LogP contribution in [0, 0.1) is 13.8 Å². The zero-order valence-corrected chi connectivity index (χ0v) is 12.3. The number of nitrogens with zero attached hydrogens (tertiary/aromatic N) is 4. The third kappa shape index (κ3) is 3.18. The Labute approximate surface area is 119 Å². The van der Waals surface area contributed by atoms with Gasteiger partial charge in [-0.25, -0.2) is 14.8 Å². The van der Waals surface area contributed by atoms with Gasteiger partial charge in [0.15, 0.2) is 0 Å². The third-order valence-electron chi connectivity index (χ3n) is 3.77. The van der Waals surface area contributed by atoms with E-state index in [0.29, 0.717) is 6.54 Å². The van der Waals surface area contributed by atoms with Gasteiger partial charge in [0.1, 0.15) is 11.6 Å². The molecule has 2 rings (SSSR count). The van der Waals surface area contributed by atoms with E-state index in [1.54, 1.807) is 0 Å².